The van der Waals surface area contributed by atoms with Crippen molar-refractivity contribution < 1.29 is 23.4 Å². The van der Waals surface area contributed by atoms with E-state index in [9.17, 15) is 4.79 Å². The molecule has 0 fully saturated rings. The minimum Gasteiger partial charge on any atom is -0.379 e. The van der Waals surface area contributed by atoms with Gasteiger partial charge in [0.2, 0.25) is 0 Å². The number of halogens is 1. The Hall–Kier alpha value is -2.16. The number of nitrogens with zero attached hydrogens (tertiary/aromatic N) is 1. The Kier molecular flexibility index (Phi) is 13.7. The molecule has 0 spiro atoms. The molecule has 0 heterocycles. The fourth-order valence-electron chi connectivity index (χ4n) is 3.52. The largest absolute Gasteiger partial charge is 0.379 e. The molecule has 0 saturated carbocycles. The van der Waals surface area contributed by atoms with E-state index in [1.54, 1.807) is 13.8 Å². The monoisotopic (exact) mass is 488 g/mol. The molecule has 2 aromatic carbocycles. The SMILES string of the molecule is CC(C)(OCC(=O)CCCOCCOCCN)C(F)CN(Cc1ccccc1)Cc1ccccc1. The van der Waals surface area contributed by atoms with Crippen molar-refractivity contribution in [3.8, 4) is 0 Å². The highest BCUT2D eigenvalue weighted by molar-refractivity contribution is 5.79. The van der Waals surface area contributed by atoms with Crippen molar-refractivity contribution in [2.24, 2.45) is 5.73 Å². The predicted octanol–water partition coefficient (Wildman–Crippen LogP) is 4.16. The summed E-state index contributed by atoms with van der Waals surface area (Å²) in [5.74, 6) is -0.0568. The molecule has 2 N–H and O–H groups in total. The van der Waals surface area contributed by atoms with Crippen LogP contribution in [0.1, 0.15) is 37.8 Å². The quantitative estimate of drug-likeness (QED) is 0.299. The second kappa shape index (κ2) is 16.5. The van der Waals surface area contributed by atoms with Gasteiger partial charge in [-0.2, -0.15) is 0 Å². The molecule has 1 atom stereocenters. The summed E-state index contributed by atoms with van der Waals surface area (Å²) in [6, 6.07) is 20.1. The number of carbonyl (C=O) groups excluding carboxylic acids is 1. The van der Waals surface area contributed by atoms with Crippen molar-refractivity contribution in [2.75, 3.05) is 46.1 Å². The standard InChI is InChI=1S/C28H41FN2O4/c1-28(2,35-23-26(32)14-9-16-33-18-19-34-17-15-30)27(29)22-31(20-24-10-5-3-6-11-24)21-25-12-7-4-8-13-25/h3-8,10-13,27H,9,14-23,30H2,1-2H3. The summed E-state index contributed by atoms with van der Waals surface area (Å²) < 4.78 is 31.9. The van der Waals surface area contributed by atoms with E-state index >= 15 is 4.39 Å². The van der Waals surface area contributed by atoms with Crippen LogP contribution in [0.4, 0.5) is 4.39 Å². The third-order valence-electron chi connectivity index (χ3n) is 5.65. The van der Waals surface area contributed by atoms with Crippen LogP contribution in [0.2, 0.25) is 0 Å². The number of ketones is 1. The molecule has 6 nitrogen and oxygen atoms in total. The van der Waals surface area contributed by atoms with E-state index in [-0.39, 0.29) is 18.9 Å². The Morgan fingerprint density at radius 2 is 1.46 bits per heavy atom. The van der Waals surface area contributed by atoms with Gasteiger partial charge in [0.25, 0.3) is 0 Å². The number of ether oxygens (including phenoxy) is 3. The fraction of sp³-hybridized carbons (Fsp3) is 0.536. The third kappa shape index (κ3) is 12.4. The zero-order valence-electron chi connectivity index (χ0n) is 21.2. The van der Waals surface area contributed by atoms with E-state index in [2.05, 4.69) is 4.90 Å². The number of benzene rings is 2. The predicted molar refractivity (Wildman–Crippen MR) is 137 cm³/mol. The summed E-state index contributed by atoms with van der Waals surface area (Å²) in [4.78, 5) is 14.3. The van der Waals surface area contributed by atoms with Gasteiger partial charge in [0.1, 0.15) is 12.8 Å². The first kappa shape index (κ1) is 29.1. The lowest BCUT2D eigenvalue weighted by molar-refractivity contribution is -0.135. The van der Waals surface area contributed by atoms with Crippen LogP contribution in [0.15, 0.2) is 60.7 Å². The Morgan fingerprint density at radius 3 is 2.00 bits per heavy atom. The first-order valence-electron chi connectivity index (χ1n) is 12.4. The number of Topliss-reactive ketones (excluding diaryl/α,β-unsaturated/α-hetero) is 1. The van der Waals surface area contributed by atoms with Crippen molar-refractivity contribution in [3.63, 3.8) is 0 Å². The molecular weight excluding hydrogens is 447 g/mol. The molecule has 0 aromatic heterocycles. The van der Waals surface area contributed by atoms with Crippen LogP contribution in [0.5, 0.6) is 0 Å². The number of hydrogen-bond donors (Lipinski definition) is 1. The molecule has 0 aliphatic heterocycles. The van der Waals surface area contributed by atoms with E-state index in [0.29, 0.717) is 58.9 Å². The second-order valence-electron chi connectivity index (χ2n) is 9.16. The van der Waals surface area contributed by atoms with Gasteiger partial charge in [-0.15, -0.1) is 0 Å². The van der Waals surface area contributed by atoms with Crippen molar-refractivity contribution in [1.29, 1.82) is 0 Å². The van der Waals surface area contributed by atoms with Gasteiger partial charge >= 0.3 is 0 Å². The number of alkyl halides is 1. The highest BCUT2D eigenvalue weighted by atomic mass is 19.1. The summed E-state index contributed by atoms with van der Waals surface area (Å²) in [6.45, 7) is 7.21. The first-order valence-corrected chi connectivity index (χ1v) is 12.4. The summed E-state index contributed by atoms with van der Waals surface area (Å²) in [5, 5.41) is 0. The van der Waals surface area contributed by atoms with Gasteiger partial charge < -0.3 is 19.9 Å². The number of carbonyl (C=O) groups is 1. The highest BCUT2D eigenvalue weighted by Gasteiger charge is 2.32. The first-order chi connectivity index (χ1) is 16.9. The lowest BCUT2D eigenvalue weighted by atomic mass is 10.0. The minimum absolute atomic E-state index is 0.0568. The Bertz CT molecular complexity index is 779. The summed E-state index contributed by atoms with van der Waals surface area (Å²) >= 11 is 0. The molecule has 0 aliphatic carbocycles. The normalized spacial score (nSPS) is 12.7. The molecule has 0 bridgehead atoms. The summed E-state index contributed by atoms with van der Waals surface area (Å²) in [5.41, 5.74) is 6.51. The molecule has 0 amide bonds. The van der Waals surface area contributed by atoms with Crippen molar-refractivity contribution in [2.45, 2.75) is 51.6 Å². The van der Waals surface area contributed by atoms with Crippen LogP contribution < -0.4 is 5.73 Å². The molecule has 0 aliphatic rings. The van der Waals surface area contributed by atoms with Gasteiger partial charge in [0.05, 0.1) is 25.4 Å². The maximum Gasteiger partial charge on any atom is 0.158 e. The van der Waals surface area contributed by atoms with E-state index in [1.807, 2.05) is 60.7 Å². The van der Waals surface area contributed by atoms with Gasteiger partial charge in [0.15, 0.2) is 5.78 Å². The number of rotatable bonds is 19. The Morgan fingerprint density at radius 1 is 0.914 bits per heavy atom. The van der Waals surface area contributed by atoms with Gasteiger partial charge in [-0.1, -0.05) is 60.7 Å². The molecule has 35 heavy (non-hydrogen) atoms. The van der Waals surface area contributed by atoms with E-state index < -0.39 is 11.8 Å². The third-order valence-corrected chi connectivity index (χ3v) is 5.65. The van der Waals surface area contributed by atoms with E-state index in [0.717, 1.165) is 11.1 Å². The highest BCUT2D eigenvalue weighted by Crippen LogP contribution is 2.22. The Balaban J connectivity index is 1.78. The molecule has 194 valence electrons. The molecular formula is C28H41FN2O4. The maximum atomic E-state index is 15.4. The van der Waals surface area contributed by atoms with E-state index in [1.165, 1.54) is 0 Å². The average Bonchev–Trinajstić information content (AvgIpc) is 2.85. The molecule has 0 saturated heterocycles. The van der Waals surface area contributed by atoms with E-state index in [4.69, 9.17) is 19.9 Å². The molecule has 1 unspecified atom stereocenters. The van der Waals surface area contributed by atoms with Crippen molar-refractivity contribution in [1.82, 2.24) is 4.90 Å². The van der Waals surface area contributed by atoms with Crippen molar-refractivity contribution >= 4 is 5.78 Å². The molecule has 0 radical (unpaired) electrons. The Labute approximate surface area is 209 Å². The number of hydrogen-bond acceptors (Lipinski definition) is 6. The van der Waals surface area contributed by atoms with Gasteiger partial charge in [-0.25, -0.2) is 4.39 Å². The van der Waals surface area contributed by atoms with Crippen LogP contribution in [0.25, 0.3) is 0 Å². The average molecular weight is 489 g/mol. The van der Waals surface area contributed by atoms with Crippen LogP contribution >= 0.6 is 0 Å². The zero-order chi connectivity index (χ0) is 25.4. The fourth-order valence-corrected chi connectivity index (χ4v) is 3.52. The topological polar surface area (TPSA) is 74.0 Å². The van der Waals surface area contributed by atoms with Crippen LogP contribution in [-0.2, 0) is 32.1 Å². The maximum absolute atomic E-state index is 15.4. The van der Waals surface area contributed by atoms with Crippen LogP contribution in [0, 0.1) is 0 Å². The smallest absolute Gasteiger partial charge is 0.158 e. The second-order valence-corrected chi connectivity index (χ2v) is 9.16. The molecule has 2 rings (SSSR count). The lowest BCUT2D eigenvalue weighted by Gasteiger charge is -2.33. The van der Waals surface area contributed by atoms with Crippen LogP contribution in [-0.4, -0.2) is 68.6 Å². The van der Waals surface area contributed by atoms with Crippen molar-refractivity contribution in [3.05, 3.63) is 71.8 Å². The summed E-state index contributed by atoms with van der Waals surface area (Å²) in [7, 11) is 0. The molecule has 2 aromatic rings. The van der Waals surface area contributed by atoms with Gasteiger partial charge in [-0.05, 0) is 31.4 Å². The lowest BCUT2D eigenvalue weighted by Crippen LogP contribution is -2.44. The zero-order valence-corrected chi connectivity index (χ0v) is 21.2. The minimum atomic E-state index is -1.26. The number of nitrogens with two attached hydrogens (primary N) is 1. The van der Waals surface area contributed by atoms with Crippen LogP contribution in [0.3, 0.4) is 0 Å². The summed E-state index contributed by atoms with van der Waals surface area (Å²) in [6.07, 6.45) is -0.328. The van der Waals surface area contributed by atoms with Gasteiger partial charge in [0, 0.05) is 39.2 Å². The van der Waals surface area contributed by atoms with Gasteiger partial charge in [-0.3, -0.25) is 9.69 Å². The molecule has 7 heteroatoms.